The van der Waals surface area contributed by atoms with Crippen molar-refractivity contribution >= 4 is 49.6 Å². The molecule has 1 aliphatic rings. The number of imide groups is 1. The molecule has 1 aliphatic heterocycles. The zero-order valence-electron chi connectivity index (χ0n) is 14.0. The molecule has 0 atom stereocenters. The van der Waals surface area contributed by atoms with Crippen LogP contribution in [-0.4, -0.2) is 61.1 Å². The van der Waals surface area contributed by atoms with Gasteiger partial charge in [-0.2, -0.15) is 0 Å². The minimum Gasteiger partial charge on any atom is -0.379 e. The van der Waals surface area contributed by atoms with E-state index in [1.54, 1.807) is 0 Å². The van der Waals surface area contributed by atoms with Crippen molar-refractivity contribution in [1.82, 2.24) is 10.2 Å². The Bertz CT molecular complexity index is 504. The van der Waals surface area contributed by atoms with Crippen LogP contribution >= 0.6 is 31.9 Å². The molecule has 7 nitrogen and oxygen atoms in total. The van der Waals surface area contributed by atoms with Crippen LogP contribution in [0.5, 0.6) is 0 Å². The van der Waals surface area contributed by atoms with E-state index in [1.165, 1.54) is 0 Å². The highest BCUT2D eigenvalue weighted by atomic mass is 79.9. The third-order valence-corrected chi connectivity index (χ3v) is 4.88. The predicted octanol–water partition coefficient (Wildman–Crippen LogP) is 1.69. The normalized spacial score (nSPS) is 15.5. The summed E-state index contributed by atoms with van der Waals surface area (Å²) < 4.78 is 11.1. The van der Waals surface area contributed by atoms with Crippen LogP contribution in [0.4, 0.5) is 0 Å². The highest BCUT2D eigenvalue weighted by Crippen LogP contribution is 2.28. The summed E-state index contributed by atoms with van der Waals surface area (Å²) in [5, 5.41) is 2.85. The van der Waals surface area contributed by atoms with Gasteiger partial charge in [-0.05, 0) is 52.6 Å². The lowest BCUT2D eigenvalue weighted by atomic mass is 10.1. The lowest BCUT2D eigenvalue weighted by molar-refractivity contribution is -0.137. The second-order valence-corrected chi connectivity index (χ2v) is 7.75. The van der Waals surface area contributed by atoms with Crippen LogP contribution in [0.15, 0.2) is 8.96 Å². The molecule has 0 unspecified atom stereocenters. The first-order valence-corrected chi connectivity index (χ1v) is 9.10. The molecule has 24 heavy (non-hydrogen) atoms. The van der Waals surface area contributed by atoms with Gasteiger partial charge >= 0.3 is 0 Å². The summed E-state index contributed by atoms with van der Waals surface area (Å²) in [6.07, 6.45) is 0.293. The molecule has 0 radical (unpaired) electrons. The maximum absolute atomic E-state index is 11.7. The highest BCUT2D eigenvalue weighted by molar-refractivity contribution is 9.14. The first kappa shape index (κ1) is 21.3. The van der Waals surface area contributed by atoms with Gasteiger partial charge in [0, 0.05) is 12.0 Å². The zero-order chi connectivity index (χ0) is 18.3. The Morgan fingerprint density at radius 3 is 2.00 bits per heavy atom. The van der Waals surface area contributed by atoms with Gasteiger partial charge in [0.1, 0.15) is 8.96 Å². The zero-order valence-corrected chi connectivity index (χ0v) is 17.2. The quantitative estimate of drug-likeness (QED) is 0.410. The first-order valence-electron chi connectivity index (χ1n) is 7.51. The molecule has 136 valence electrons. The van der Waals surface area contributed by atoms with E-state index in [2.05, 4.69) is 37.2 Å². The molecular weight excluding hydrogens is 448 g/mol. The van der Waals surface area contributed by atoms with Crippen LogP contribution in [0.25, 0.3) is 0 Å². The molecule has 3 amide bonds. The third-order valence-electron chi connectivity index (χ3n) is 2.88. The van der Waals surface area contributed by atoms with Crippen LogP contribution in [0.1, 0.15) is 27.2 Å². The lowest BCUT2D eigenvalue weighted by Crippen LogP contribution is -2.40. The summed E-state index contributed by atoms with van der Waals surface area (Å²) in [7, 11) is 0. The lowest BCUT2D eigenvalue weighted by Gasteiger charge is -2.20. The van der Waals surface area contributed by atoms with E-state index in [0.29, 0.717) is 26.2 Å². The number of amides is 3. The molecule has 0 fully saturated rings. The summed E-state index contributed by atoms with van der Waals surface area (Å²) in [4.78, 5) is 36.1. The molecule has 1 rings (SSSR count). The smallest absolute Gasteiger partial charge is 0.269 e. The topological polar surface area (TPSA) is 84.9 Å². The Kier molecular flexibility index (Phi) is 8.55. The Morgan fingerprint density at radius 1 is 1.00 bits per heavy atom. The van der Waals surface area contributed by atoms with Crippen molar-refractivity contribution in [2.45, 2.75) is 32.7 Å². The van der Waals surface area contributed by atoms with Gasteiger partial charge in [-0.1, -0.05) is 0 Å². The SMILES string of the molecule is CC(C)(C)NC(=O)CCOCCOCCN1C(=O)C(Br)=C(Br)C1=O. The van der Waals surface area contributed by atoms with E-state index in [1.807, 2.05) is 20.8 Å². The fraction of sp³-hybridized carbons (Fsp3) is 0.667. The minimum atomic E-state index is -0.378. The van der Waals surface area contributed by atoms with Crippen LogP contribution in [0.2, 0.25) is 0 Å². The summed E-state index contributed by atoms with van der Waals surface area (Å²) in [5.74, 6) is -0.814. The standard InChI is InChI=1S/C15H22Br2N2O5/c1-15(2,3)18-10(20)4-6-23-8-9-24-7-5-19-13(21)11(16)12(17)14(19)22/h4-9H2,1-3H3,(H,18,20). The molecule has 0 saturated carbocycles. The van der Waals surface area contributed by atoms with Gasteiger partial charge in [-0.25, -0.2) is 0 Å². The molecule has 0 aromatic rings. The van der Waals surface area contributed by atoms with Gasteiger partial charge in [0.2, 0.25) is 5.91 Å². The number of hydrogen-bond donors (Lipinski definition) is 1. The summed E-state index contributed by atoms with van der Waals surface area (Å²) in [6.45, 7) is 7.15. The van der Waals surface area contributed by atoms with Gasteiger partial charge in [0.15, 0.2) is 0 Å². The maximum Gasteiger partial charge on any atom is 0.269 e. The largest absolute Gasteiger partial charge is 0.379 e. The van der Waals surface area contributed by atoms with Gasteiger partial charge in [-0.15, -0.1) is 0 Å². The number of halogens is 2. The van der Waals surface area contributed by atoms with Gasteiger partial charge in [0.25, 0.3) is 11.8 Å². The first-order chi connectivity index (χ1) is 11.1. The number of hydrogen-bond acceptors (Lipinski definition) is 5. The summed E-state index contributed by atoms with van der Waals surface area (Å²) in [6, 6.07) is 0. The number of nitrogens with one attached hydrogen (secondary N) is 1. The van der Waals surface area contributed by atoms with E-state index in [-0.39, 0.29) is 45.4 Å². The molecule has 0 spiro atoms. The second-order valence-electron chi connectivity index (χ2n) is 6.16. The van der Waals surface area contributed by atoms with Crippen molar-refractivity contribution in [3.8, 4) is 0 Å². The van der Waals surface area contributed by atoms with Gasteiger partial charge < -0.3 is 14.8 Å². The minimum absolute atomic E-state index is 0.0573. The molecule has 1 N–H and O–H groups in total. The van der Waals surface area contributed by atoms with Crippen LogP contribution < -0.4 is 5.32 Å². The number of carbonyl (C=O) groups is 3. The third kappa shape index (κ3) is 7.00. The molecule has 1 heterocycles. The van der Waals surface area contributed by atoms with Crippen molar-refractivity contribution in [3.63, 3.8) is 0 Å². The molecule has 0 aromatic heterocycles. The Morgan fingerprint density at radius 2 is 1.50 bits per heavy atom. The number of rotatable bonds is 9. The average Bonchev–Trinajstić information content (AvgIpc) is 2.65. The summed E-state index contributed by atoms with van der Waals surface area (Å²) in [5.41, 5.74) is -0.247. The van der Waals surface area contributed by atoms with Crippen molar-refractivity contribution in [3.05, 3.63) is 8.96 Å². The highest BCUT2D eigenvalue weighted by Gasteiger charge is 2.35. The molecule has 0 aromatic carbocycles. The van der Waals surface area contributed by atoms with E-state index in [4.69, 9.17) is 9.47 Å². The fourth-order valence-corrected chi connectivity index (χ4v) is 2.61. The fourth-order valence-electron chi connectivity index (χ4n) is 1.84. The number of carbonyl (C=O) groups excluding carboxylic acids is 3. The van der Waals surface area contributed by atoms with Gasteiger partial charge in [-0.3, -0.25) is 19.3 Å². The van der Waals surface area contributed by atoms with Crippen molar-refractivity contribution in [2.75, 3.05) is 33.0 Å². The maximum atomic E-state index is 11.7. The van der Waals surface area contributed by atoms with Crippen molar-refractivity contribution in [2.24, 2.45) is 0 Å². The van der Waals surface area contributed by atoms with Gasteiger partial charge in [0.05, 0.1) is 33.0 Å². The van der Waals surface area contributed by atoms with Crippen LogP contribution in [0.3, 0.4) is 0 Å². The second kappa shape index (κ2) is 9.65. The van der Waals surface area contributed by atoms with Crippen molar-refractivity contribution < 1.29 is 23.9 Å². The monoisotopic (exact) mass is 468 g/mol. The van der Waals surface area contributed by atoms with E-state index in [9.17, 15) is 14.4 Å². The van der Waals surface area contributed by atoms with E-state index >= 15 is 0 Å². The number of nitrogens with zero attached hydrogens (tertiary/aromatic N) is 1. The molecule has 0 aliphatic carbocycles. The van der Waals surface area contributed by atoms with E-state index in [0.717, 1.165) is 4.90 Å². The molecule has 9 heteroatoms. The number of ether oxygens (including phenoxy) is 2. The Labute approximate surface area is 158 Å². The molecule has 0 bridgehead atoms. The Hall–Kier alpha value is -0.770. The predicted molar refractivity (Wildman–Crippen MR) is 95.8 cm³/mol. The average molecular weight is 470 g/mol. The Balaban J connectivity index is 2.05. The molecular formula is C15H22Br2N2O5. The van der Waals surface area contributed by atoms with Crippen molar-refractivity contribution in [1.29, 1.82) is 0 Å². The molecule has 0 saturated heterocycles. The van der Waals surface area contributed by atoms with Crippen LogP contribution in [0, 0.1) is 0 Å². The van der Waals surface area contributed by atoms with Crippen LogP contribution in [-0.2, 0) is 23.9 Å². The summed E-state index contributed by atoms with van der Waals surface area (Å²) >= 11 is 6.12. The van der Waals surface area contributed by atoms with E-state index < -0.39 is 0 Å².